The summed E-state index contributed by atoms with van der Waals surface area (Å²) in [5, 5.41) is 3.91. The van der Waals surface area contributed by atoms with Crippen molar-refractivity contribution in [2.45, 2.75) is 25.9 Å². The van der Waals surface area contributed by atoms with Gasteiger partial charge < -0.3 is 10.1 Å². The summed E-state index contributed by atoms with van der Waals surface area (Å²) in [6.45, 7) is 3.73. The van der Waals surface area contributed by atoms with Crippen molar-refractivity contribution in [2.75, 3.05) is 20.2 Å². The number of nitrogens with one attached hydrogen (secondary N) is 1. The van der Waals surface area contributed by atoms with Crippen molar-refractivity contribution in [1.29, 1.82) is 0 Å². The summed E-state index contributed by atoms with van der Waals surface area (Å²) in [6, 6.07) is 7.86. The van der Waals surface area contributed by atoms with E-state index in [9.17, 15) is 0 Å². The van der Waals surface area contributed by atoms with Gasteiger partial charge in [0.25, 0.3) is 0 Å². The maximum Gasteiger partial charge on any atom is 0.0963 e. The topological polar surface area (TPSA) is 21.3 Å². The van der Waals surface area contributed by atoms with Crippen LogP contribution in [0.25, 0.3) is 0 Å². The lowest BCUT2D eigenvalue weighted by Gasteiger charge is -2.19. The highest BCUT2D eigenvalue weighted by Crippen LogP contribution is 2.25. The number of unbranched alkanes of at least 4 members (excludes halogenated alkanes) is 1. The predicted molar refractivity (Wildman–Crippen MR) is 69.0 cm³/mol. The molecule has 16 heavy (non-hydrogen) atoms. The van der Waals surface area contributed by atoms with Crippen LogP contribution in [0.5, 0.6) is 0 Å². The molecule has 90 valence electrons. The van der Waals surface area contributed by atoms with Gasteiger partial charge in [0, 0.05) is 23.7 Å². The minimum atomic E-state index is 0.0465. The van der Waals surface area contributed by atoms with Crippen LogP contribution >= 0.6 is 11.6 Å². The summed E-state index contributed by atoms with van der Waals surface area (Å²) in [6.07, 6.45) is 2.28. The van der Waals surface area contributed by atoms with Crippen molar-refractivity contribution in [3.63, 3.8) is 0 Å². The Hall–Kier alpha value is -0.570. The maximum absolute atomic E-state index is 6.16. The molecule has 0 radical (unpaired) electrons. The number of ether oxygens (including phenoxy) is 1. The number of hydrogen-bond acceptors (Lipinski definition) is 2. The summed E-state index contributed by atoms with van der Waals surface area (Å²) in [5.74, 6) is 0. The molecular formula is C13H20ClNO. The maximum atomic E-state index is 6.16. The molecule has 1 N–H and O–H groups in total. The Labute approximate surface area is 103 Å². The zero-order chi connectivity index (χ0) is 11.8. The zero-order valence-electron chi connectivity index (χ0n) is 10.0. The molecule has 1 aromatic carbocycles. The van der Waals surface area contributed by atoms with E-state index in [4.69, 9.17) is 16.3 Å². The molecule has 0 aliphatic rings. The summed E-state index contributed by atoms with van der Waals surface area (Å²) in [4.78, 5) is 0. The molecule has 0 heterocycles. The van der Waals surface area contributed by atoms with Gasteiger partial charge in [0.15, 0.2) is 0 Å². The van der Waals surface area contributed by atoms with E-state index in [1.165, 1.54) is 0 Å². The van der Waals surface area contributed by atoms with Crippen molar-refractivity contribution >= 4 is 11.6 Å². The second kappa shape index (κ2) is 7.66. The molecule has 0 fully saturated rings. The molecule has 0 amide bonds. The Morgan fingerprint density at radius 1 is 1.38 bits per heavy atom. The quantitative estimate of drug-likeness (QED) is 0.739. The number of halogens is 1. The van der Waals surface area contributed by atoms with E-state index in [0.29, 0.717) is 0 Å². The number of hydrogen-bond donors (Lipinski definition) is 1. The fraction of sp³-hybridized carbons (Fsp3) is 0.538. The van der Waals surface area contributed by atoms with Crippen LogP contribution < -0.4 is 5.32 Å². The SMILES string of the molecule is CCCCOC(CNC)c1ccccc1Cl. The van der Waals surface area contributed by atoms with Gasteiger partial charge in [-0.2, -0.15) is 0 Å². The molecule has 3 heteroatoms. The lowest BCUT2D eigenvalue weighted by Crippen LogP contribution is -2.20. The van der Waals surface area contributed by atoms with E-state index in [-0.39, 0.29) is 6.10 Å². The molecule has 1 aromatic rings. The van der Waals surface area contributed by atoms with E-state index >= 15 is 0 Å². The predicted octanol–water partition coefficient (Wildman–Crippen LogP) is 3.42. The highest BCUT2D eigenvalue weighted by molar-refractivity contribution is 6.31. The summed E-state index contributed by atoms with van der Waals surface area (Å²) in [5.41, 5.74) is 1.06. The smallest absolute Gasteiger partial charge is 0.0963 e. The third-order valence-electron chi connectivity index (χ3n) is 2.46. The Bertz CT molecular complexity index is 304. The number of likely N-dealkylation sites (N-methyl/N-ethyl adjacent to an activating group) is 1. The molecule has 0 saturated heterocycles. The Balaban J connectivity index is 2.65. The standard InChI is InChI=1S/C13H20ClNO/c1-3-4-9-16-13(10-15-2)11-7-5-6-8-12(11)14/h5-8,13,15H,3-4,9-10H2,1-2H3. The van der Waals surface area contributed by atoms with Gasteiger partial charge in [0.05, 0.1) is 6.10 Å². The highest BCUT2D eigenvalue weighted by atomic mass is 35.5. The first-order chi connectivity index (χ1) is 7.79. The molecule has 0 spiro atoms. The molecule has 0 aliphatic carbocycles. The first-order valence-corrected chi connectivity index (χ1v) is 6.18. The molecule has 1 rings (SSSR count). The molecular weight excluding hydrogens is 222 g/mol. The first kappa shape index (κ1) is 13.5. The van der Waals surface area contributed by atoms with Crippen molar-refractivity contribution in [3.05, 3.63) is 34.9 Å². The molecule has 0 aliphatic heterocycles. The summed E-state index contributed by atoms with van der Waals surface area (Å²) in [7, 11) is 1.92. The zero-order valence-corrected chi connectivity index (χ0v) is 10.8. The molecule has 0 saturated carbocycles. The van der Waals surface area contributed by atoms with E-state index in [1.54, 1.807) is 0 Å². The molecule has 0 aromatic heterocycles. The van der Waals surface area contributed by atoms with Gasteiger partial charge in [-0.15, -0.1) is 0 Å². The van der Waals surface area contributed by atoms with Gasteiger partial charge in [0.2, 0.25) is 0 Å². The van der Waals surface area contributed by atoms with Crippen molar-refractivity contribution in [2.24, 2.45) is 0 Å². The molecule has 0 bridgehead atoms. The van der Waals surface area contributed by atoms with E-state index < -0.39 is 0 Å². The van der Waals surface area contributed by atoms with Gasteiger partial charge in [-0.05, 0) is 19.5 Å². The van der Waals surface area contributed by atoms with Gasteiger partial charge in [-0.25, -0.2) is 0 Å². The van der Waals surface area contributed by atoms with Crippen LogP contribution in [0.3, 0.4) is 0 Å². The molecule has 1 atom stereocenters. The number of rotatable bonds is 7. The van der Waals surface area contributed by atoms with Gasteiger partial charge in [0.1, 0.15) is 0 Å². The lowest BCUT2D eigenvalue weighted by atomic mass is 10.1. The van der Waals surface area contributed by atoms with Crippen LogP contribution in [0.2, 0.25) is 5.02 Å². The van der Waals surface area contributed by atoms with Gasteiger partial charge in [-0.1, -0.05) is 43.1 Å². The third-order valence-corrected chi connectivity index (χ3v) is 2.80. The first-order valence-electron chi connectivity index (χ1n) is 5.80. The largest absolute Gasteiger partial charge is 0.372 e. The van der Waals surface area contributed by atoms with Gasteiger partial charge in [-0.3, -0.25) is 0 Å². The van der Waals surface area contributed by atoms with Crippen molar-refractivity contribution in [1.82, 2.24) is 5.32 Å². The second-order valence-electron chi connectivity index (χ2n) is 3.79. The Kier molecular flexibility index (Phi) is 6.46. The Morgan fingerprint density at radius 2 is 2.12 bits per heavy atom. The lowest BCUT2D eigenvalue weighted by molar-refractivity contribution is 0.0520. The van der Waals surface area contributed by atoms with Crippen LogP contribution in [0.15, 0.2) is 24.3 Å². The second-order valence-corrected chi connectivity index (χ2v) is 4.20. The van der Waals surface area contributed by atoms with Crippen LogP contribution in [0.1, 0.15) is 31.4 Å². The van der Waals surface area contributed by atoms with Crippen LogP contribution in [-0.4, -0.2) is 20.2 Å². The third kappa shape index (κ3) is 4.12. The molecule has 2 nitrogen and oxygen atoms in total. The van der Waals surface area contributed by atoms with Crippen LogP contribution in [0.4, 0.5) is 0 Å². The Morgan fingerprint density at radius 3 is 2.75 bits per heavy atom. The van der Waals surface area contributed by atoms with Crippen molar-refractivity contribution in [3.8, 4) is 0 Å². The monoisotopic (exact) mass is 241 g/mol. The fourth-order valence-electron chi connectivity index (χ4n) is 1.55. The fourth-order valence-corrected chi connectivity index (χ4v) is 1.81. The number of benzene rings is 1. The molecule has 1 unspecified atom stereocenters. The highest BCUT2D eigenvalue weighted by Gasteiger charge is 2.13. The van der Waals surface area contributed by atoms with Crippen LogP contribution in [-0.2, 0) is 4.74 Å². The minimum absolute atomic E-state index is 0.0465. The van der Waals surface area contributed by atoms with E-state index in [2.05, 4.69) is 12.2 Å². The van der Waals surface area contributed by atoms with E-state index in [0.717, 1.165) is 36.6 Å². The van der Waals surface area contributed by atoms with E-state index in [1.807, 2.05) is 31.3 Å². The average Bonchev–Trinajstić information content (AvgIpc) is 2.29. The summed E-state index contributed by atoms with van der Waals surface area (Å²) >= 11 is 6.16. The van der Waals surface area contributed by atoms with Crippen molar-refractivity contribution < 1.29 is 4.74 Å². The van der Waals surface area contributed by atoms with Crippen LogP contribution in [0, 0.1) is 0 Å². The summed E-state index contributed by atoms with van der Waals surface area (Å²) < 4.78 is 5.84. The average molecular weight is 242 g/mol. The normalized spacial score (nSPS) is 12.7. The minimum Gasteiger partial charge on any atom is -0.372 e. The van der Waals surface area contributed by atoms with Gasteiger partial charge >= 0.3 is 0 Å².